The zero-order chi connectivity index (χ0) is 10.4. The summed E-state index contributed by atoms with van der Waals surface area (Å²) in [5.74, 6) is -0.0357. The van der Waals surface area contributed by atoms with Gasteiger partial charge in [0.15, 0.2) is 5.96 Å². The normalized spacial score (nSPS) is 9.07. The summed E-state index contributed by atoms with van der Waals surface area (Å²) in [6.45, 7) is 0.454. The molecule has 4 nitrogen and oxygen atoms in total. The van der Waals surface area contributed by atoms with E-state index in [0.29, 0.717) is 13.0 Å². The Morgan fingerprint density at radius 3 is 2.57 bits per heavy atom. The first-order chi connectivity index (χ1) is 6.75. The molecule has 0 fully saturated rings. The molecule has 0 unspecified atom stereocenters. The van der Waals surface area contributed by atoms with Crippen molar-refractivity contribution in [3.8, 4) is 6.07 Å². The molecule has 0 aliphatic rings. The predicted molar refractivity (Wildman–Crippen MR) is 55.9 cm³/mol. The summed E-state index contributed by atoms with van der Waals surface area (Å²) >= 11 is 0. The third-order valence-electron chi connectivity index (χ3n) is 1.81. The molecule has 0 amide bonds. The average molecular weight is 188 g/mol. The second-order valence-electron chi connectivity index (χ2n) is 2.78. The van der Waals surface area contributed by atoms with Crippen LogP contribution in [0.5, 0.6) is 0 Å². The molecule has 14 heavy (non-hydrogen) atoms. The Bertz CT molecular complexity index is 339. The van der Waals surface area contributed by atoms with Crippen molar-refractivity contribution in [3.05, 3.63) is 30.3 Å². The van der Waals surface area contributed by atoms with Gasteiger partial charge in [-0.3, -0.25) is 5.41 Å². The molecule has 0 spiro atoms. The molecule has 0 bridgehead atoms. The van der Waals surface area contributed by atoms with Crippen molar-refractivity contribution in [2.45, 2.75) is 6.42 Å². The molecule has 0 aliphatic carbocycles. The topological polar surface area (TPSA) is 76.9 Å². The van der Waals surface area contributed by atoms with Gasteiger partial charge in [0, 0.05) is 12.2 Å². The van der Waals surface area contributed by atoms with Crippen LogP contribution in [0, 0.1) is 16.7 Å². The second kappa shape index (κ2) is 4.87. The summed E-state index contributed by atoms with van der Waals surface area (Å²) < 4.78 is 0. The van der Waals surface area contributed by atoms with Gasteiger partial charge >= 0.3 is 0 Å². The summed E-state index contributed by atoms with van der Waals surface area (Å²) in [7, 11) is 0. The van der Waals surface area contributed by atoms with Crippen LogP contribution in [0.4, 0.5) is 5.69 Å². The van der Waals surface area contributed by atoms with E-state index in [4.69, 9.17) is 16.4 Å². The average Bonchev–Trinajstić information content (AvgIpc) is 2.19. The molecule has 0 saturated carbocycles. The zero-order valence-corrected chi connectivity index (χ0v) is 7.77. The summed E-state index contributed by atoms with van der Waals surface area (Å²) in [4.78, 5) is 1.60. The third kappa shape index (κ3) is 2.49. The molecule has 72 valence electrons. The van der Waals surface area contributed by atoms with Gasteiger partial charge in [-0.05, 0) is 12.1 Å². The highest BCUT2D eigenvalue weighted by Gasteiger charge is 2.07. The van der Waals surface area contributed by atoms with E-state index in [2.05, 4.69) is 0 Å². The van der Waals surface area contributed by atoms with Crippen molar-refractivity contribution in [2.75, 3.05) is 11.4 Å². The third-order valence-corrected chi connectivity index (χ3v) is 1.81. The molecular weight excluding hydrogens is 176 g/mol. The van der Waals surface area contributed by atoms with E-state index in [0.717, 1.165) is 5.69 Å². The minimum Gasteiger partial charge on any atom is -0.370 e. The van der Waals surface area contributed by atoms with Crippen LogP contribution in [-0.2, 0) is 0 Å². The fraction of sp³-hybridized carbons (Fsp3) is 0.200. The van der Waals surface area contributed by atoms with Crippen molar-refractivity contribution in [3.63, 3.8) is 0 Å². The molecule has 1 aromatic carbocycles. The van der Waals surface area contributed by atoms with E-state index in [1.54, 1.807) is 4.90 Å². The number of hydrogen-bond acceptors (Lipinski definition) is 2. The Hall–Kier alpha value is -2.02. The Morgan fingerprint density at radius 1 is 1.43 bits per heavy atom. The quantitative estimate of drug-likeness (QED) is 0.554. The largest absolute Gasteiger partial charge is 0.370 e. The van der Waals surface area contributed by atoms with E-state index in [-0.39, 0.29) is 5.96 Å². The highest BCUT2D eigenvalue weighted by Crippen LogP contribution is 2.12. The van der Waals surface area contributed by atoms with Gasteiger partial charge in [-0.15, -0.1) is 0 Å². The number of nitrogens with two attached hydrogens (primary N) is 1. The smallest absolute Gasteiger partial charge is 0.192 e. The van der Waals surface area contributed by atoms with Crippen LogP contribution in [0.1, 0.15) is 6.42 Å². The predicted octanol–water partition coefficient (Wildman–Crippen LogP) is 1.30. The highest BCUT2D eigenvalue weighted by molar-refractivity contribution is 5.92. The lowest BCUT2D eigenvalue weighted by molar-refractivity contribution is 0.957. The minimum atomic E-state index is -0.0357. The van der Waals surface area contributed by atoms with Crippen LogP contribution >= 0.6 is 0 Å². The number of nitrogens with one attached hydrogen (secondary N) is 1. The molecule has 0 aliphatic heterocycles. The van der Waals surface area contributed by atoms with Gasteiger partial charge in [-0.2, -0.15) is 5.26 Å². The molecule has 0 heterocycles. The fourth-order valence-electron chi connectivity index (χ4n) is 1.16. The molecule has 4 heteroatoms. The van der Waals surface area contributed by atoms with Crippen LogP contribution in [-0.4, -0.2) is 12.5 Å². The Balaban J connectivity index is 2.79. The zero-order valence-electron chi connectivity index (χ0n) is 7.77. The number of rotatable bonds is 3. The number of benzene rings is 1. The molecule has 1 rings (SSSR count). The summed E-state index contributed by atoms with van der Waals surface area (Å²) in [6, 6.07) is 11.4. The van der Waals surface area contributed by atoms with E-state index in [9.17, 15) is 0 Å². The fourth-order valence-corrected chi connectivity index (χ4v) is 1.16. The summed E-state index contributed by atoms with van der Waals surface area (Å²) in [5, 5.41) is 15.8. The number of anilines is 1. The summed E-state index contributed by atoms with van der Waals surface area (Å²) in [5.41, 5.74) is 6.25. The van der Waals surface area contributed by atoms with Gasteiger partial charge in [-0.25, -0.2) is 0 Å². The van der Waals surface area contributed by atoms with Crippen molar-refractivity contribution < 1.29 is 0 Å². The van der Waals surface area contributed by atoms with Gasteiger partial charge in [0.2, 0.25) is 0 Å². The molecule has 0 radical (unpaired) electrons. The first-order valence-electron chi connectivity index (χ1n) is 4.29. The van der Waals surface area contributed by atoms with Crippen LogP contribution in [0.2, 0.25) is 0 Å². The Kier molecular flexibility index (Phi) is 3.50. The second-order valence-corrected chi connectivity index (χ2v) is 2.78. The van der Waals surface area contributed by atoms with Gasteiger partial charge < -0.3 is 10.6 Å². The van der Waals surface area contributed by atoms with Crippen molar-refractivity contribution >= 4 is 11.6 Å². The van der Waals surface area contributed by atoms with Crippen molar-refractivity contribution in [1.82, 2.24) is 0 Å². The lowest BCUT2D eigenvalue weighted by Crippen LogP contribution is -2.37. The van der Waals surface area contributed by atoms with Crippen molar-refractivity contribution in [1.29, 1.82) is 10.7 Å². The monoisotopic (exact) mass is 188 g/mol. The maximum absolute atomic E-state index is 8.46. The Morgan fingerprint density at radius 2 is 2.07 bits per heavy atom. The maximum Gasteiger partial charge on any atom is 0.192 e. The number of guanidine groups is 1. The van der Waals surface area contributed by atoms with E-state index in [1.165, 1.54) is 0 Å². The lowest BCUT2D eigenvalue weighted by Gasteiger charge is -2.21. The van der Waals surface area contributed by atoms with Gasteiger partial charge in [0.05, 0.1) is 12.5 Å². The molecule has 0 atom stereocenters. The Labute approximate surface area is 83.1 Å². The first kappa shape index (κ1) is 10.1. The number of nitriles is 1. The van der Waals surface area contributed by atoms with Gasteiger partial charge in [0.1, 0.15) is 0 Å². The van der Waals surface area contributed by atoms with E-state index < -0.39 is 0 Å². The number of nitrogens with zero attached hydrogens (tertiary/aromatic N) is 2. The van der Waals surface area contributed by atoms with Crippen LogP contribution < -0.4 is 10.6 Å². The standard InChI is InChI=1S/C10H12N4/c11-7-4-8-14(10(12)13)9-5-2-1-3-6-9/h1-3,5-6H,4,8H2,(H3,12,13). The van der Waals surface area contributed by atoms with E-state index in [1.807, 2.05) is 36.4 Å². The molecule has 0 aromatic heterocycles. The number of para-hydroxylation sites is 1. The molecular formula is C10H12N4. The SMILES string of the molecule is N#CCCN(C(=N)N)c1ccccc1. The molecule has 3 N–H and O–H groups in total. The summed E-state index contributed by atoms with van der Waals surface area (Å²) in [6.07, 6.45) is 0.356. The van der Waals surface area contributed by atoms with E-state index >= 15 is 0 Å². The maximum atomic E-state index is 8.46. The highest BCUT2D eigenvalue weighted by atomic mass is 15.2. The molecule has 1 aromatic rings. The number of hydrogen-bond donors (Lipinski definition) is 2. The van der Waals surface area contributed by atoms with Gasteiger partial charge in [0.25, 0.3) is 0 Å². The van der Waals surface area contributed by atoms with Gasteiger partial charge in [-0.1, -0.05) is 18.2 Å². The molecule has 0 saturated heterocycles. The minimum absolute atomic E-state index is 0.0357. The van der Waals surface area contributed by atoms with Crippen LogP contribution in [0.25, 0.3) is 0 Å². The lowest BCUT2D eigenvalue weighted by atomic mass is 10.3. The van der Waals surface area contributed by atoms with Crippen LogP contribution in [0.3, 0.4) is 0 Å². The van der Waals surface area contributed by atoms with Crippen LogP contribution in [0.15, 0.2) is 30.3 Å². The van der Waals surface area contributed by atoms with Crippen molar-refractivity contribution in [2.24, 2.45) is 5.73 Å². The first-order valence-corrected chi connectivity index (χ1v) is 4.29.